The Morgan fingerprint density at radius 3 is 2.83 bits per heavy atom. The van der Waals surface area contributed by atoms with Crippen LogP contribution in [-0.2, 0) is 0 Å². The molecule has 0 bridgehead atoms. The second kappa shape index (κ2) is 5.45. The van der Waals surface area contributed by atoms with Gasteiger partial charge in [0.1, 0.15) is 0 Å². The molecule has 0 unspecified atom stereocenters. The van der Waals surface area contributed by atoms with Gasteiger partial charge in [-0.25, -0.2) is 0 Å². The van der Waals surface area contributed by atoms with E-state index in [1.54, 1.807) is 6.26 Å². The lowest BCUT2D eigenvalue weighted by Gasteiger charge is -2.36. The van der Waals surface area contributed by atoms with Gasteiger partial charge in [-0.1, -0.05) is 6.92 Å². The summed E-state index contributed by atoms with van der Waals surface area (Å²) >= 11 is 0. The molecule has 3 atom stereocenters. The van der Waals surface area contributed by atoms with Gasteiger partial charge in [-0.15, -0.1) is 0 Å². The molecule has 3 nitrogen and oxygen atoms in total. The van der Waals surface area contributed by atoms with Gasteiger partial charge in [-0.2, -0.15) is 0 Å². The van der Waals surface area contributed by atoms with Gasteiger partial charge in [0.15, 0.2) is 0 Å². The van der Waals surface area contributed by atoms with Crippen LogP contribution in [0.15, 0.2) is 23.0 Å². The van der Waals surface area contributed by atoms with Crippen LogP contribution in [-0.4, -0.2) is 16.7 Å². The van der Waals surface area contributed by atoms with Crippen molar-refractivity contribution in [1.29, 1.82) is 0 Å². The van der Waals surface area contributed by atoms with Gasteiger partial charge in [0.05, 0.1) is 18.1 Å². The summed E-state index contributed by atoms with van der Waals surface area (Å²) in [5, 5.41) is 13.5. The number of piperidine rings is 1. The molecule has 2 rings (SSSR count). The van der Waals surface area contributed by atoms with Crippen molar-refractivity contribution in [2.45, 2.75) is 64.1 Å². The molecular formula is C15H25NO2. The largest absolute Gasteiger partial charge is 0.472 e. The van der Waals surface area contributed by atoms with E-state index in [1.807, 2.05) is 26.2 Å². The normalized spacial score (nSPS) is 29.4. The van der Waals surface area contributed by atoms with Crippen LogP contribution in [0.1, 0.15) is 58.1 Å². The third-order valence-corrected chi connectivity index (χ3v) is 4.03. The van der Waals surface area contributed by atoms with E-state index in [1.165, 1.54) is 18.4 Å². The summed E-state index contributed by atoms with van der Waals surface area (Å²) in [6.45, 7) is 6.07. The molecule has 0 spiro atoms. The molecular weight excluding hydrogens is 226 g/mol. The van der Waals surface area contributed by atoms with Gasteiger partial charge in [-0.05, 0) is 51.5 Å². The van der Waals surface area contributed by atoms with Crippen molar-refractivity contribution >= 4 is 0 Å². The average molecular weight is 251 g/mol. The summed E-state index contributed by atoms with van der Waals surface area (Å²) in [5.41, 5.74) is 0.680. The highest BCUT2D eigenvalue weighted by atomic mass is 16.3. The predicted octanol–water partition coefficient (Wildman–Crippen LogP) is 3.26. The average Bonchev–Trinajstić information content (AvgIpc) is 2.80. The first kappa shape index (κ1) is 13.6. The molecule has 1 saturated heterocycles. The fourth-order valence-corrected chi connectivity index (χ4v) is 2.75. The number of hydrogen-bond acceptors (Lipinski definition) is 3. The van der Waals surface area contributed by atoms with E-state index in [0.29, 0.717) is 18.0 Å². The second-order valence-corrected chi connectivity index (χ2v) is 6.29. The quantitative estimate of drug-likeness (QED) is 0.863. The van der Waals surface area contributed by atoms with Crippen molar-refractivity contribution in [2.24, 2.45) is 5.92 Å². The maximum Gasteiger partial charge on any atom is 0.0950 e. The lowest BCUT2D eigenvalue weighted by Crippen LogP contribution is -2.43. The topological polar surface area (TPSA) is 45.4 Å². The van der Waals surface area contributed by atoms with E-state index in [9.17, 15) is 5.11 Å². The third kappa shape index (κ3) is 3.59. The van der Waals surface area contributed by atoms with Crippen molar-refractivity contribution in [3.05, 3.63) is 24.2 Å². The molecule has 18 heavy (non-hydrogen) atoms. The minimum atomic E-state index is -0.565. The maximum absolute atomic E-state index is 9.84. The highest BCUT2D eigenvalue weighted by molar-refractivity contribution is 5.13. The fourth-order valence-electron chi connectivity index (χ4n) is 2.75. The molecule has 1 aliphatic rings. The van der Waals surface area contributed by atoms with Crippen LogP contribution >= 0.6 is 0 Å². The number of aliphatic hydroxyl groups is 1. The molecule has 1 fully saturated rings. The van der Waals surface area contributed by atoms with E-state index in [0.717, 1.165) is 12.8 Å². The summed E-state index contributed by atoms with van der Waals surface area (Å²) in [4.78, 5) is 0. The molecule has 0 radical (unpaired) electrons. The monoisotopic (exact) mass is 251 g/mol. The Morgan fingerprint density at radius 2 is 2.22 bits per heavy atom. The van der Waals surface area contributed by atoms with E-state index in [2.05, 4.69) is 12.2 Å². The van der Waals surface area contributed by atoms with Crippen LogP contribution in [0.5, 0.6) is 0 Å². The van der Waals surface area contributed by atoms with Gasteiger partial charge in [0, 0.05) is 17.6 Å². The Balaban J connectivity index is 1.93. The van der Waals surface area contributed by atoms with Gasteiger partial charge in [-0.3, -0.25) is 0 Å². The van der Waals surface area contributed by atoms with Crippen molar-refractivity contribution in [2.75, 3.05) is 0 Å². The molecule has 0 saturated carbocycles. The van der Waals surface area contributed by atoms with Gasteiger partial charge in [0.25, 0.3) is 0 Å². The molecule has 0 amide bonds. The summed E-state index contributed by atoms with van der Waals surface area (Å²) < 4.78 is 5.16. The molecule has 1 aliphatic heterocycles. The molecule has 1 aromatic rings. The summed E-state index contributed by atoms with van der Waals surface area (Å²) in [6, 6.07) is 2.94. The smallest absolute Gasteiger partial charge is 0.0950 e. The zero-order valence-electron chi connectivity index (χ0n) is 11.6. The predicted molar refractivity (Wildman–Crippen MR) is 72.3 cm³/mol. The van der Waals surface area contributed by atoms with Crippen molar-refractivity contribution in [3.63, 3.8) is 0 Å². The molecule has 0 aromatic carbocycles. The standard InChI is InChI=1S/C15H25NO2/c1-11-4-5-14(12-7-9-18-10-12)16-13(11)6-8-15(2,3)17/h7,9-11,13-14,16-17H,4-6,8H2,1-3H3/t11-,13+,14-/m1/s1. The van der Waals surface area contributed by atoms with Crippen molar-refractivity contribution < 1.29 is 9.52 Å². The summed E-state index contributed by atoms with van der Waals surface area (Å²) in [5.74, 6) is 0.676. The van der Waals surface area contributed by atoms with Crippen LogP contribution in [0.3, 0.4) is 0 Å². The first-order chi connectivity index (χ1) is 8.46. The van der Waals surface area contributed by atoms with E-state index in [-0.39, 0.29) is 0 Å². The number of hydrogen-bond donors (Lipinski definition) is 2. The maximum atomic E-state index is 9.84. The van der Waals surface area contributed by atoms with E-state index < -0.39 is 5.60 Å². The van der Waals surface area contributed by atoms with E-state index in [4.69, 9.17) is 4.42 Å². The second-order valence-electron chi connectivity index (χ2n) is 6.29. The number of nitrogens with one attached hydrogen (secondary N) is 1. The minimum absolute atomic E-state index is 0.409. The Morgan fingerprint density at radius 1 is 1.44 bits per heavy atom. The zero-order chi connectivity index (χ0) is 13.2. The molecule has 102 valence electrons. The van der Waals surface area contributed by atoms with Crippen LogP contribution < -0.4 is 5.32 Å². The van der Waals surface area contributed by atoms with Crippen molar-refractivity contribution in [3.8, 4) is 0 Å². The molecule has 0 aliphatic carbocycles. The highest BCUT2D eigenvalue weighted by Gasteiger charge is 2.29. The zero-order valence-corrected chi connectivity index (χ0v) is 11.6. The lowest BCUT2D eigenvalue weighted by molar-refractivity contribution is 0.0598. The minimum Gasteiger partial charge on any atom is -0.472 e. The lowest BCUT2D eigenvalue weighted by atomic mass is 9.83. The molecule has 2 heterocycles. The van der Waals surface area contributed by atoms with Gasteiger partial charge < -0.3 is 14.8 Å². The van der Waals surface area contributed by atoms with Gasteiger partial charge in [0.2, 0.25) is 0 Å². The first-order valence-electron chi connectivity index (χ1n) is 6.96. The number of rotatable bonds is 4. The Hall–Kier alpha value is -0.800. The third-order valence-electron chi connectivity index (χ3n) is 4.03. The summed E-state index contributed by atoms with van der Waals surface area (Å²) in [6.07, 6.45) is 7.84. The van der Waals surface area contributed by atoms with Crippen LogP contribution in [0.4, 0.5) is 0 Å². The Bertz CT molecular complexity index is 353. The van der Waals surface area contributed by atoms with Gasteiger partial charge >= 0.3 is 0 Å². The Kier molecular flexibility index (Phi) is 4.13. The highest BCUT2D eigenvalue weighted by Crippen LogP contribution is 2.31. The van der Waals surface area contributed by atoms with Crippen LogP contribution in [0.2, 0.25) is 0 Å². The molecule has 2 N–H and O–H groups in total. The van der Waals surface area contributed by atoms with Crippen LogP contribution in [0.25, 0.3) is 0 Å². The van der Waals surface area contributed by atoms with E-state index >= 15 is 0 Å². The fraction of sp³-hybridized carbons (Fsp3) is 0.733. The summed E-state index contributed by atoms with van der Waals surface area (Å²) in [7, 11) is 0. The first-order valence-corrected chi connectivity index (χ1v) is 6.96. The Labute approximate surface area is 110 Å². The molecule has 3 heteroatoms. The number of furan rings is 1. The van der Waals surface area contributed by atoms with Crippen LogP contribution in [0, 0.1) is 5.92 Å². The SMILES string of the molecule is C[C@@H]1CC[C@H](c2ccoc2)N[C@H]1CCC(C)(C)O. The van der Waals surface area contributed by atoms with Crippen molar-refractivity contribution in [1.82, 2.24) is 5.32 Å². The molecule has 1 aromatic heterocycles.